The van der Waals surface area contributed by atoms with E-state index in [2.05, 4.69) is 15.0 Å². The highest BCUT2D eigenvalue weighted by Gasteiger charge is 2.19. The van der Waals surface area contributed by atoms with Crippen molar-refractivity contribution >= 4 is 11.7 Å². The first-order valence-electron chi connectivity index (χ1n) is 8.23. The summed E-state index contributed by atoms with van der Waals surface area (Å²) in [5, 5.41) is 2.80. The van der Waals surface area contributed by atoms with Crippen LogP contribution in [0.3, 0.4) is 0 Å². The number of anilines is 1. The van der Waals surface area contributed by atoms with Crippen LogP contribution in [0, 0.1) is 0 Å². The van der Waals surface area contributed by atoms with Gasteiger partial charge >= 0.3 is 6.61 Å². The first-order chi connectivity index (χ1) is 12.6. The molecular formula is C18H19F2N3O3. The highest BCUT2D eigenvalue weighted by atomic mass is 19.3. The number of halogens is 2. The molecule has 0 unspecified atom stereocenters. The number of morpholine rings is 1. The largest absolute Gasteiger partial charge is 0.435 e. The number of nitrogens with one attached hydrogen (secondary N) is 1. The summed E-state index contributed by atoms with van der Waals surface area (Å²) in [4.78, 5) is 18.9. The monoisotopic (exact) mass is 363 g/mol. The minimum atomic E-state index is -2.88. The van der Waals surface area contributed by atoms with E-state index in [1.807, 2.05) is 4.90 Å². The van der Waals surface area contributed by atoms with Crippen molar-refractivity contribution in [1.29, 1.82) is 0 Å². The molecule has 2 heterocycles. The smallest absolute Gasteiger partial charge is 0.387 e. The molecule has 1 aromatic carbocycles. The molecule has 26 heavy (non-hydrogen) atoms. The maximum Gasteiger partial charge on any atom is 0.387 e. The number of rotatable bonds is 6. The summed E-state index contributed by atoms with van der Waals surface area (Å²) in [7, 11) is 0. The van der Waals surface area contributed by atoms with Gasteiger partial charge < -0.3 is 19.7 Å². The molecule has 1 fully saturated rings. The zero-order valence-electron chi connectivity index (χ0n) is 14.0. The zero-order valence-corrected chi connectivity index (χ0v) is 14.0. The van der Waals surface area contributed by atoms with Crippen molar-refractivity contribution < 1.29 is 23.0 Å². The van der Waals surface area contributed by atoms with Gasteiger partial charge in [0, 0.05) is 25.8 Å². The van der Waals surface area contributed by atoms with Crippen molar-refractivity contribution in [1.82, 2.24) is 10.3 Å². The van der Waals surface area contributed by atoms with E-state index in [9.17, 15) is 13.6 Å². The van der Waals surface area contributed by atoms with Crippen molar-refractivity contribution in [3.63, 3.8) is 0 Å². The normalized spacial score (nSPS) is 14.3. The number of benzene rings is 1. The van der Waals surface area contributed by atoms with Crippen LogP contribution >= 0.6 is 0 Å². The average Bonchev–Trinajstić information content (AvgIpc) is 2.66. The highest BCUT2D eigenvalue weighted by Crippen LogP contribution is 2.19. The molecule has 0 radical (unpaired) electrons. The van der Waals surface area contributed by atoms with Crippen molar-refractivity contribution in [2.45, 2.75) is 13.2 Å². The van der Waals surface area contributed by atoms with Crippen LogP contribution in [0.15, 0.2) is 42.6 Å². The topological polar surface area (TPSA) is 63.7 Å². The molecule has 8 heteroatoms. The minimum absolute atomic E-state index is 0.0575. The van der Waals surface area contributed by atoms with Gasteiger partial charge in [0.1, 0.15) is 11.6 Å². The number of carbonyl (C=O) groups is 1. The number of hydrogen-bond donors (Lipinski definition) is 1. The van der Waals surface area contributed by atoms with Crippen LogP contribution in [0.4, 0.5) is 14.6 Å². The minimum Gasteiger partial charge on any atom is -0.435 e. The number of aromatic nitrogens is 1. The fraction of sp³-hybridized carbons (Fsp3) is 0.333. The van der Waals surface area contributed by atoms with Gasteiger partial charge in [0.05, 0.1) is 18.8 Å². The molecule has 6 nitrogen and oxygen atoms in total. The molecule has 0 atom stereocenters. The zero-order chi connectivity index (χ0) is 18.4. The number of amides is 1. The Labute approximate surface area is 149 Å². The van der Waals surface area contributed by atoms with Crippen LogP contribution in [0.2, 0.25) is 0 Å². The number of nitrogens with zero attached hydrogens (tertiary/aromatic N) is 2. The van der Waals surface area contributed by atoms with Gasteiger partial charge in [-0.1, -0.05) is 12.1 Å². The molecule has 1 aliphatic rings. The van der Waals surface area contributed by atoms with Gasteiger partial charge in [0.2, 0.25) is 0 Å². The van der Waals surface area contributed by atoms with Gasteiger partial charge in [-0.3, -0.25) is 4.79 Å². The Morgan fingerprint density at radius 2 is 2.08 bits per heavy atom. The predicted octanol–water partition coefficient (Wildman–Crippen LogP) is 2.45. The third-order valence-electron chi connectivity index (χ3n) is 3.92. The van der Waals surface area contributed by atoms with Crippen molar-refractivity contribution in [2.75, 3.05) is 31.2 Å². The summed E-state index contributed by atoms with van der Waals surface area (Å²) in [5.74, 6) is 0.394. The van der Waals surface area contributed by atoms with E-state index in [0.29, 0.717) is 43.2 Å². The molecule has 1 aromatic heterocycles. The van der Waals surface area contributed by atoms with E-state index >= 15 is 0 Å². The van der Waals surface area contributed by atoms with Crippen LogP contribution in [0.25, 0.3) is 0 Å². The summed E-state index contributed by atoms with van der Waals surface area (Å²) in [6.07, 6.45) is 1.65. The van der Waals surface area contributed by atoms with Crippen LogP contribution < -0.4 is 15.0 Å². The number of pyridine rings is 1. The molecule has 0 aliphatic carbocycles. The van der Waals surface area contributed by atoms with E-state index in [4.69, 9.17) is 4.74 Å². The molecule has 3 rings (SSSR count). The molecule has 0 bridgehead atoms. The quantitative estimate of drug-likeness (QED) is 0.854. The number of alkyl halides is 2. The maximum absolute atomic E-state index is 12.6. The molecule has 138 valence electrons. The first-order valence-corrected chi connectivity index (χ1v) is 8.23. The number of ether oxygens (including phenoxy) is 2. The molecule has 2 aromatic rings. The lowest BCUT2D eigenvalue weighted by Gasteiger charge is -2.29. The summed E-state index contributed by atoms with van der Waals surface area (Å²) in [6.45, 7) is -0.166. The van der Waals surface area contributed by atoms with E-state index in [-0.39, 0.29) is 18.2 Å². The van der Waals surface area contributed by atoms with Crippen molar-refractivity contribution in [3.8, 4) is 5.75 Å². The van der Waals surface area contributed by atoms with Gasteiger partial charge in [-0.05, 0) is 29.8 Å². The van der Waals surface area contributed by atoms with Crippen LogP contribution in [-0.2, 0) is 11.3 Å². The lowest BCUT2D eigenvalue weighted by molar-refractivity contribution is -0.0498. The second-order valence-corrected chi connectivity index (χ2v) is 5.68. The average molecular weight is 363 g/mol. The van der Waals surface area contributed by atoms with Gasteiger partial charge in [-0.15, -0.1) is 0 Å². The fourth-order valence-electron chi connectivity index (χ4n) is 2.71. The van der Waals surface area contributed by atoms with Gasteiger partial charge in [-0.2, -0.15) is 8.78 Å². The summed E-state index contributed by atoms with van der Waals surface area (Å²) < 4.78 is 34.3. The van der Waals surface area contributed by atoms with Crippen molar-refractivity contribution in [2.24, 2.45) is 0 Å². The standard InChI is InChI=1S/C18H19F2N3O3/c19-18(20)26-14-4-1-3-13(11-14)12-22-17(24)15-5-2-6-21-16(15)23-7-9-25-10-8-23/h1-6,11,18H,7-10,12H2,(H,22,24). The second-order valence-electron chi connectivity index (χ2n) is 5.68. The molecule has 0 spiro atoms. The van der Waals surface area contributed by atoms with Crippen LogP contribution in [0.5, 0.6) is 5.75 Å². The maximum atomic E-state index is 12.6. The van der Waals surface area contributed by atoms with E-state index in [0.717, 1.165) is 0 Å². The van der Waals surface area contributed by atoms with Crippen LogP contribution in [0.1, 0.15) is 15.9 Å². The van der Waals surface area contributed by atoms with E-state index in [1.165, 1.54) is 12.1 Å². The lowest BCUT2D eigenvalue weighted by atomic mass is 10.2. The van der Waals surface area contributed by atoms with Gasteiger partial charge in [0.25, 0.3) is 5.91 Å². The molecule has 0 saturated carbocycles. The Bertz CT molecular complexity index is 752. The number of carbonyl (C=O) groups excluding carboxylic acids is 1. The summed E-state index contributed by atoms with van der Waals surface area (Å²) >= 11 is 0. The molecule has 1 saturated heterocycles. The summed E-state index contributed by atoms with van der Waals surface area (Å²) in [6, 6.07) is 9.65. The lowest BCUT2D eigenvalue weighted by Crippen LogP contribution is -2.38. The molecule has 1 N–H and O–H groups in total. The Hall–Kier alpha value is -2.74. The molecule has 1 amide bonds. The highest BCUT2D eigenvalue weighted by molar-refractivity contribution is 5.98. The Morgan fingerprint density at radius 3 is 2.85 bits per heavy atom. The van der Waals surface area contributed by atoms with E-state index < -0.39 is 6.61 Å². The molecular weight excluding hydrogens is 344 g/mol. The summed E-state index contributed by atoms with van der Waals surface area (Å²) in [5.41, 5.74) is 1.13. The predicted molar refractivity (Wildman–Crippen MR) is 91.5 cm³/mol. The molecule has 1 aliphatic heterocycles. The SMILES string of the molecule is O=C(NCc1cccc(OC(F)F)c1)c1cccnc1N1CCOCC1. The van der Waals surface area contributed by atoms with Gasteiger partial charge in [-0.25, -0.2) is 4.98 Å². The van der Waals surface area contributed by atoms with Gasteiger partial charge in [0.15, 0.2) is 0 Å². The first kappa shape index (κ1) is 18.1. The fourth-order valence-corrected chi connectivity index (χ4v) is 2.71. The third kappa shape index (κ3) is 4.66. The van der Waals surface area contributed by atoms with E-state index in [1.54, 1.807) is 30.5 Å². The second kappa shape index (κ2) is 8.57. The Balaban J connectivity index is 1.67. The Kier molecular flexibility index (Phi) is 5.96. The Morgan fingerprint density at radius 1 is 1.27 bits per heavy atom. The number of hydrogen-bond acceptors (Lipinski definition) is 5. The van der Waals surface area contributed by atoms with Crippen molar-refractivity contribution in [3.05, 3.63) is 53.7 Å². The third-order valence-corrected chi connectivity index (χ3v) is 3.92. The van der Waals surface area contributed by atoms with Crippen LogP contribution in [-0.4, -0.2) is 43.8 Å².